The van der Waals surface area contributed by atoms with Gasteiger partial charge in [-0.05, 0) is 32.4 Å². The van der Waals surface area contributed by atoms with Crippen LogP contribution in [0.5, 0.6) is 0 Å². The number of H-pyrrole nitrogens is 1. The molecule has 2 heterocycles. The minimum Gasteiger partial charge on any atom is -0.297 e. The molecule has 20 heavy (non-hydrogen) atoms. The summed E-state index contributed by atoms with van der Waals surface area (Å²) in [6.07, 6.45) is 1.36. The van der Waals surface area contributed by atoms with E-state index in [1.165, 1.54) is 4.57 Å². The van der Waals surface area contributed by atoms with Gasteiger partial charge in [-0.15, -0.1) is 11.3 Å². The summed E-state index contributed by atoms with van der Waals surface area (Å²) in [5.74, 6) is 0. The molecular weight excluding hydrogens is 296 g/mol. The van der Waals surface area contributed by atoms with E-state index in [0.717, 1.165) is 16.2 Å². The van der Waals surface area contributed by atoms with Gasteiger partial charge in [-0.2, -0.15) is 0 Å². The Balaban J connectivity index is 2.59. The number of aromatic nitrogens is 2. The number of hydrogen-bond acceptors (Lipinski definition) is 3. The van der Waals surface area contributed by atoms with Crippen molar-refractivity contribution in [2.75, 3.05) is 0 Å². The molecule has 0 aliphatic carbocycles. The van der Waals surface area contributed by atoms with Crippen molar-refractivity contribution < 1.29 is 0 Å². The van der Waals surface area contributed by atoms with E-state index in [9.17, 15) is 9.59 Å². The van der Waals surface area contributed by atoms with Gasteiger partial charge >= 0.3 is 5.69 Å². The summed E-state index contributed by atoms with van der Waals surface area (Å²) in [4.78, 5) is 29.3. The summed E-state index contributed by atoms with van der Waals surface area (Å²) in [6.45, 7) is 5.82. The average molecular weight is 313 g/mol. The molecule has 0 saturated heterocycles. The normalized spacial score (nSPS) is 12.6. The average Bonchev–Trinajstić information content (AvgIpc) is 2.81. The first-order valence-corrected chi connectivity index (χ1v) is 7.74. The minimum atomic E-state index is -0.460. The van der Waals surface area contributed by atoms with Crippen LogP contribution < -0.4 is 11.2 Å². The second kappa shape index (κ2) is 5.97. The molecule has 0 spiro atoms. The Morgan fingerprint density at radius 3 is 2.65 bits per heavy atom. The second-order valence-corrected chi connectivity index (χ2v) is 6.47. The van der Waals surface area contributed by atoms with Crippen molar-refractivity contribution in [2.45, 2.75) is 39.7 Å². The molecule has 2 aromatic heterocycles. The van der Waals surface area contributed by atoms with Crippen LogP contribution in [0.1, 0.15) is 41.6 Å². The van der Waals surface area contributed by atoms with E-state index < -0.39 is 5.69 Å². The van der Waals surface area contributed by atoms with Gasteiger partial charge in [-0.1, -0.05) is 24.9 Å². The third-order valence-electron chi connectivity index (χ3n) is 3.24. The van der Waals surface area contributed by atoms with Crippen molar-refractivity contribution in [1.29, 1.82) is 0 Å². The Bertz CT molecular complexity index is 730. The first-order valence-electron chi connectivity index (χ1n) is 6.55. The highest BCUT2D eigenvalue weighted by Crippen LogP contribution is 2.24. The molecule has 1 N–H and O–H groups in total. The predicted molar refractivity (Wildman–Crippen MR) is 83.2 cm³/mol. The highest BCUT2D eigenvalue weighted by Gasteiger charge is 2.18. The highest BCUT2D eigenvalue weighted by atomic mass is 35.5. The largest absolute Gasteiger partial charge is 0.330 e. The van der Waals surface area contributed by atoms with E-state index in [-0.39, 0.29) is 16.8 Å². The lowest BCUT2D eigenvalue weighted by Crippen LogP contribution is -2.39. The molecule has 108 valence electrons. The third kappa shape index (κ3) is 2.74. The van der Waals surface area contributed by atoms with Gasteiger partial charge in [0.2, 0.25) is 0 Å². The van der Waals surface area contributed by atoms with Crippen molar-refractivity contribution in [3.63, 3.8) is 0 Å². The van der Waals surface area contributed by atoms with E-state index in [2.05, 4.69) is 4.98 Å². The zero-order valence-electron chi connectivity index (χ0n) is 11.7. The van der Waals surface area contributed by atoms with Crippen molar-refractivity contribution in [2.24, 2.45) is 0 Å². The van der Waals surface area contributed by atoms with E-state index in [1.54, 1.807) is 11.3 Å². The van der Waals surface area contributed by atoms with Gasteiger partial charge in [-0.3, -0.25) is 14.3 Å². The van der Waals surface area contributed by atoms with Crippen LogP contribution in [-0.2, 0) is 6.42 Å². The summed E-state index contributed by atoms with van der Waals surface area (Å²) in [6, 6.07) is 3.64. The molecule has 0 bridgehead atoms. The van der Waals surface area contributed by atoms with Gasteiger partial charge in [0.15, 0.2) is 0 Å². The second-order valence-electron chi connectivity index (χ2n) is 4.77. The number of aromatic amines is 1. The molecule has 0 fully saturated rings. The predicted octanol–water partition coefficient (Wildman–Crippen LogP) is 3.12. The van der Waals surface area contributed by atoms with Gasteiger partial charge in [0.05, 0.1) is 11.6 Å². The number of nitrogens with one attached hydrogen (secondary N) is 1. The first-order chi connectivity index (χ1) is 9.45. The number of nitrogens with zero attached hydrogens (tertiary/aromatic N) is 1. The Morgan fingerprint density at radius 1 is 1.40 bits per heavy atom. The molecule has 4 nitrogen and oxygen atoms in total. The molecule has 1 unspecified atom stereocenters. The summed E-state index contributed by atoms with van der Waals surface area (Å²) in [5.41, 5.74) is -0.272. The van der Waals surface area contributed by atoms with E-state index in [4.69, 9.17) is 11.6 Å². The van der Waals surface area contributed by atoms with Gasteiger partial charge in [0.25, 0.3) is 5.56 Å². The summed E-state index contributed by atoms with van der Waals surface area (Å²) >= 11 is 7.56. The molecular formula is C14H17ClN2O2S. The van der Waals surface area contributed by atoms with Crippen molar-refractivity contribution in [1.82, 2.24) is 9.55 Å². The number of rotatable bonds is 4. The number of thiophene rings is 1. The molecule has 0 aliphatic heterocycles. The standard InChI is InChI=1S/C14H17ClN2O2S/c1-4-5-10-12(15)16-14(19)17(13(10)18)9(3)11-7-6-8(2)20-11/h6-7,9H,4-5H2,1-3H3,(H,16,19). The van der Waals surface area contributed by atoms with Gasteiger partial charge in [-0.25, -0.2) is 4.79 Å². The molecule has 0 amide bonds. The Morgan fingerprint density at radius 2 is 2.10 bits per heavy atom. The summed E-state index contributed by atoms with van der Waals surface area (Å²) < 4.78 is 1.25. The maximum absolute atomic E-state index is 12.5. The molecule has 6 heteroatoms. The molecule has 0 radical (unpaired) electrons. The van der Waals surface area contributed by atoms with Crippen molar-refractivity contribution in [3.8, 4) is 0 Å². The van der Waals surface area contributed by atoms with Crippen LogP contribution >= 0.6 is 22.9 Å². The molecule has 2 rings (SSSR count). The lowest BCUT2D eigenvalue weighted by Gasteiger charge is -2.14. The highest BCUT2D eigenvalue weighted by molar-refractivity contribution is 7.12. The van der Waals surface area contributed by atoms with Crippen LogP contribution in [0.25, 0.3) is 0 Å². The number of aryl methyl sites for hydroxylation is 1. The Labute approximate surface area is 126 Å². The molecule has 2 aromatic rings. The fourth-order valence-electron chi connectivity index (χ4n) is 2.18. The Kier molecular flexibility index (Phi) is 4.50. The smallest absolute Gasteiger partial charge is 0.297 e. The molecule has 1 atom stereocenters. The summed E-state index contributed by atoms with van der Waals surface area (Å²) in [5, 5.41) is 0.160. The lowest BCUT2D eigenvalue weighted by atomic mass is 10.2. The van der Waals surface area contributed by atoms with Crippen molar-refractivity contribution >= 4 is 22.9 Å². The first kappa shape index (κ1) is 15.1. The monoisotopic (exact) mass is 312 g/mol. The zero-order chi connectivity index (χ0) is 14.9. The van der Waals surface area contributed by atoms with Crippen LogP contribution in [0.4, 0.5) is 0 Å². The minimum absolute atomic E-state index is 0.160. The molecule has 0 aliphatic rings. The zero-order valence-corrected chi connectivity index (χ0v) is 13.3. The summed E-state index contributed by atoms with van der Waals surface area (Å²) in [7, 11) is 0. The van der Waals surface area contributed by atoms with E-state index in [1.807, 2.05) is 32.9 Å². The van der Waals surface area contributed by atoms with E-state index in [0.29, 0.717) is 12.0 Å². The van der Waals surface area contributed by atoms with Crippen LogP contribution in [0, 0.1) is 6.92 Å². The van der Waals surface area contributed by atoms with Crippen LogP contribution in [0.15, 0.2) is 21.7 Å². The Hall–Kier alpha value is -1.33. The van der Waals surface area contributed by atoms with Crippen LogP contribution in [-0.4, -0.2) is 9.55 Å². The number of halogens is 1. The fourth-order valence-corrected chi connectivity index (χ4v) is 3.36. The van der Waals surface area contributed by atoms with Gasteiger partial charge < -0.3 is 0 Å². The third-order valence-corrected chi connectivity index (χ3v) is 4.73. The fraction of sp³-hybridized carbons (Fsp3) is 0.429. The van der Waals surface area contributed by atoms with Gasteiger partial charge in [0.1, 0.15) is 5.15 Å². The van der Waals surface area contributed by atoms with E-state index >= 15 is 0 Å². The van der Waals surface area contributed by atoms with Gasteiger partial charge in [0, 0.05) is 9.75 Å². The van der Waals surface area contributed by atoms with Crippen LogP contribution in [0.3, 0.4) is 0 Å². The SMILES string of the molecule is CCCc1c(Cl)[nH]c(=O)n(C(C)c2ccc(C)s2)c1=O. The molecule has 0 aromatic carbocycles. The topological polar surface area (TPSA) is 54.9 Å². The van der Waals surface area contributed by atoms with Crippen molar-refractivity contribution in [3.05, 3.63) is 53.4 Å². The van der Waals surface area contributed by atoms with Crippen LogP contribution in [0.2, 0.25) is 5.15 Å². The quantitative estimate of drug-likeness (QED) is 0.882. The number of hydrogen-bond donors (Lipinski definition) is 1. The molecule has 0 saturated carbocycles. The lowest BCUT2D eigenvalue weighted by molar-refractivity contribution is 0.578. The maximum Gasteiger partial charge on any atom is 0.330 e. The maximum atomic E-state index is 12.5.